The fourth-order valence-electron chi connectivity index (χ4n) is 9.98. The van der Waals surface area contributed by atoms with Crippen molar-refractivity contribution in [1.29, 1.82) is 0 Å². The van der Waals surface area contributed by atoms with Gasteiger partial charge in [-0.1, -0.05) is 206 Å². The third kappa shape index (κ3) is 7.45. The fourth-order valence-corrected chi connectivity index (χ4v) is 11.0. The number of benzene rings is 11. The zero-order valence-electron chi connectivity index (χ0n) is 37.4. The fraction of sp³-hybridized carbons (Fsp3) is 0. The van der Waals surface area contributed by atoms with Crippen LogP contribution >= 0.6 is 11.3 Å². The van der Waals surface area contributed by atoms with E-state index in [4.69, 9.17) is 15.0 Å². The van der Waals surface area contributed by atoms with Crippen molar-refractivity contribution in [2.75, 3.05) is 0 Å². The van der Waals surface area contributed by atoms with E-state index < -0.39 is 0 Å². The van der Waals surface area contributed by atoms with E-state index in [1.807, 2.05) is 11.3 Å². The summed E-state index contributed by atoms with van der Waals surface area (Å²) in [6.45, 7) is 0. The van der Waals surface area contributed by atoms with Crippen molar-refractivity contribution in [1.82, 2.24) is 15.0 Å². The maximum absolute atomic E-state index is 5.34. The van der Waals surface area contributed by atoms with Gasteiger partial charge in [0.15, 0.2) is 17.5 Å². The summed E-state index contributed by atoms with van der Waals surface area (Å²) in [6, 6.07) is 89.0. The highest BCUT2D eigenvalue weighted by molar-refractivity contribution is 7.25. The first-order valence-electron chi connectivity index (χ1n) is 23.3. The molecule has 0 aliphatic carbocycles. The van der Waals surface area contributed by atoms with E-state index >= 15 is 0 Å². The normalized spacial score (nSPS) is 11.5. The molecule has 0 unspecified atom stereocenters. The van der Waals surface area contributed by atoms with E-state index in [9.17, 15) is 0 Å². The lowest BCUT2D eigenvalue weighted by Crippen LogP contribution is -2.00. The number of aromatic nitrogens is 3. The summed E-state index contributed by atoms with van der Waals surface area (Å²) in [5, 5.41) is 7.11. The molecular weight excluding hydrogens is 855 g/mol. The van der Waals surface area contributed by atoms with Crippen molar-refractivity contribution in [3.8, 4) is 89.8 Å². The molecule has 0 saturated carbocycles. The molecule has 0 atom stereocenters. The molecule has 11 aromatic carbocycles. The molecule has 0 radical (unpaired) electrons. The lowest BCUT2D eigenvalue weighted by Gasteiger charge is -2.14. The van der Waals surface area contributed by atoms with Crippen LogP contribution in [0.4, 0.5) is 0 Å². The highest BCUT2D eigenvalue weighted by atomic mass is 32.1. The first kappa shape index (κ1) is 40.4. The third-order valence-electron chi connectivity index (χ3n) is 13.4. The van der Waals surface area contributed by atoms with Crippen LogP contribution in [-0.2, 0) is 0 Å². The Kier molecular flexibility index (Phi) is 10.0. The van der Waals surface area contributed by atoms with Gasteiger partial charge in [0.05, 0.1) is 0 Å². The summed E-state index contributed by atoms with van der Waals surface area (Å²) in [4.78, 5) is 16.0. The number of thiophene rings is 1. The third-order valence-corrected chi connectivity index (χ3v) is 14.5. The Morgan fingerprint density at radius 3 is 1.20 bits per heavy atom. The molecule has 13 rings (SSSR count). The van der Waals surface area contributed by atoms with Crippen LogP contribution in [0.1, 0.15) is 0 Å². The minimum absolute atomic E-state index is 0.619. The largest absolute Gasteiger partial charge is 0.208 e. The summed E-state index contributed by atoms with van der Waals surface area (Å²) in [7, 11) is 0. The minimum atomic E-state index is 0.619. The molecule has 13 aromatic rings. The summed E-state index contributed by atoms with van der Waals surface area (Å²) < 4.78 is 2.46. The van der Waals surface area contributed by atoms with Crippen LogP contribution in [0.5, 0.6) is 0 Å². The smallest absolute Gasteiger partial charge is 0.164 e. The summed E-state index contributed by atoms with van der Waals surface area (Å²) >= 11 is 1.82. The van der Waals surface area contributed by atoms with Gasteiger partial charge in [0.2, 0.25) is 0 Å². The van der Waals surface area contributed by atoms with Crippen LogP contribution in [0.3, 0.4) is 0 Å². The quantitative estimate of drug-likeness (QED) is 0.153. The van der Waals surface area contributed by atoms with Gasteiger partial charge in [0.25, 0.3) is 0 Å². The number of nitrogens with zero attached hydrogens (tertiary/aromatic N) is 3. The Morgan fingerprint density at radius 1 is 0.217 bits per heavy atom. The zero-order valence-corrected chi connectivity index (χ0v) is 38.2. The van der Waals surface area contributed by atoms with E-state index in [1.165, 1.54) is 75.5 Å². The van der Waals surface area contributed by atoms with Gasteiger partial charge >= 0.3 is 0 Å². The molecule has 0 amide bonds. The second-order valence-corrected chi connectivity index (χ2v) is 18.6. The maximum atomic E-state index is 5.34. The monoisotopic (exact) mass is 895 g/mol. The van der Waals surface area contributed by atoms with E-state index in [0.717, 1.165) is 38.6 Å². The first-order chi connectivity index (χ1) is 34.2. The van der Waals surface area contributed by atoms with E-state index in [-0.39, 0.29) is 0 Å². The van der Waals surface area contributed by atoms with Crippen LogP contribution in [0.2, 0.25) is 0 Å². The average molecular weight is 896 g/mol. The Morgan fingerprint density at radius 2 is 0.594 bits per heavy atom. The molecule has 0 aliphatic rings. The van der Waals surface area contributed by atoms with Gasteiger partial charge in [-0.25, -0.2) is 15.0 Å². The van der Waals surface area contributed by atoms with Crippen LogP contribution in [0.15, 0.2) is 249 Å². The summed E-state index contributed by atoms with van der Waals surface area (Å²) in [6.07, 6.45) is 0. The maximum Gasteiger partial charge on any atom is 0.164 e. The standard InChI is InChI=1S/C65H41N3S/c1-4-16-42(17-5-1)51-25-10-11-26-53(51)47-32-36-61-59(39-47)60-41-50(33-37-62(60)69-61)65-67-63(66-64(68-65)49-31-30-45-22-15-29-52(58(45)40-49)43-18-6-2-7-19-43)48-24-14-23-46(38-48)55-35-34-54(44-20-8-3-9-21-44)56-27-12-13-28-57(55)56/h1-41H. The number of rotatable bonds is 8. The van der Waals surface area contributed by atoms with Crippen molar-refractivity contribution in [2.45, 2.75) is 0 Å². The molecule has 0 aliphatic heterocycles. The molecule has 0 N–H and O–H groups in total. The molecular formula is C65H41N3S. The van der Waals surface area contributed by atoms with E-state index in [0.29, 0.717) is 17.5 Å². The second-order valence-electron chi connectivity index (χ2n) is 17.5. The molecule has 0 fully saturated rings. The number of hydrogen-bond acceptors (Lipinski definition) is 4. The predicted molar refractivity (Wildman–Crippen MR) is 291 cm³/mol. The minimum Gasteiger partial charge on any atom is -0.208 e. The van der Waals surface area contributed by atoms with Gasteiger partial charge in [0.1, 0.15) is 0 Å². The lowest BCUT2D eigenvalue weighted by molar-refractivity contribution is 1.08. The summed E-state index contributed by atoms with van der Waals surface area (Å²) in [5.41, 5.74) is 14.6. The van der Waals surface area contributed by atoms with Crippen LogP contribution in [-0.4, -0.2) is 15.0 Å². The lowest BCUT2D eigenvalue weighted by atomic mass is 9.91. The van der Waals surface area contributed by atoms with Crippen LogP contribution < -0.4 is 0 Å². The van der Waals surface area contributed by atoms with Crippen molar-refractivity contribution in [3.63, 3.8) is 0 Å². The van der Waals surface area contributed by atoms with Gasteiger partial charge in [-0.3, -0.25) is 0 Å². The predicted octanol–water partition coefficient (Wildman–Crippen LogP) is 17.9. The van der Waals surface area contributed by atoms with Crippen molar-refractivity contribution < 1.29 is 0 Å². The second kappa shape index (κ2) is 17.1. The molecule has 69 heavy (non-hydrogen) atoms. The number of fused-ring (bicyclic) bond motifs is 5. The Labute approximate surface area is 404 Å². The molecule has 3 nitrogen and oxygen atoms in total. The van der Waals surface area contributed by atoms with Crippen molar-refractivity contribution >= 4 is 53.1 Å². The molecule has 4 heteroatoms. The van der Waals surface area contributed by atoms with Gasteiger partial charge in [-0.05, 0) is 120 Å². The van der Waals surface area contributed by atoms with Gasteiger partial charge in [0, 0.05) is 36.9 Å². The van der Waals surface area contributed by atoms with Crippen molar-refractivity contribution in [2.24, 2.45) is 0 Å². The summed E-state index contributed by atoms with van der Waals surface area (Å²) in [5.74, 6) is 1.87. The Balaban J connectivity index is 0.973. The highest BCUT2D eigenvalue weighted by Gasteiger charge is 2.18. The topological polar surface area (TPSA) is 38.7 Å². The first-order valence-corrected chi connectivity index (χ1v) is 24.1. The average Bonchev–Trinajstić information content (AvgIpc) is 3.80. The van der Waals surface area contributed by atoms with Crippen LogP contribution in [0.25, 0.3) is 132 Å². The van der Waals surface area contributed by atoms with Gasteiger partial charge in [-0.2, -0.15) is 0 Å². The Hall–Kier alpha value is -8.83. The zero-order chi connectivity index (χ0) is 45.7. The highest BCUT2D eigenvalue weighted by Crippen LogP contribution is 2.42. The van der Waals surface area contributed by atoms with Gasteiger partial charge < -0.3 is 0 Å². The molecule has 2 aromatic heterocycles. The molecule has 0 bridgehead atoms. The van der Waals surface area contributed by atoms with Crippen LogP contribution in [0, 0.1) is 0 Å². The number of hydrogen-bond donors (Lipinski definition) is 0. The van der Waals surface area contributed by atoms with E-state index in [2.05, 4.69) is 249 Å². The SMILES string of the molecule is c1ccc(-c2ccccc2-c2ccc3sc4ccc(-c5nc(-c6cccc(-c7ccc(-c8ccccc8)c8ccccc78)c6)nc(-c6ccc7cccc(-c8ccccc8)c7c6)n5)cc4c3c2)cc1. The molecule has 0 spiro atoms. The molecule has 2 heterocycles. The van der Waals surface area contributed by atoms with Crippen molar-refractivity contribution in [3.05, 3.63) is 249 Å². The van der Waals surface area contributed by atoms with E-state index in [1.54, 1.807) is 0 Å². The Bertz CT molecular complexity index is 4070. The molecule has 322 valence electrons. The van der Waals surface area contributed by atoms with Gasteiger partial charge in [-0.15, -0.1) is 11.3 Å². The molecule has 0 saturated heterocycles.